The fourth-order valence-corrected chi connectivity index (χ4v) is 4.95. The van der Waals surface area contributed by atoms with E-state index in [9.17, 15) is 9.59 Å². The number of carbonyl (C=O) groups is 1. The van der Waals surface area contributed by atoms with Crippen molar-refractivity contribution in [1.29, 1.82) is 0 Å². The molecule has 9 heteroatoms. The molecule has 0 saturated heterocycles. The van der Waals surface area contributed by atoms with E-state index in [0.29, 0.717) is 45.8 Å². The summed E-state index contributed by atoms with van der Waals surface area (Å²) in [6, 6.07) is 13.2. The Kier molecular flexibility index (Phi) is 9.04. The minimum Gasteiger partial charge on any atom is -0.355 e. The van der Waals surface area contributed by atoms with E-state index < -0.39 is 5.25 Å². The van der Waals surface area contributed by atoms with Crippen molar-refractivity contribution in [3.05, 3.63) is 89.7 Å². The van der Waals surface area contributed by atoms with Crippen molar-refractivity contribution in [2.24, 2.45) is 7.05 Å². The molecule has 0 fully saturated rings. The smallest absolute Gasteiger partial charge is 0.257 e. The summed E-state index contributed by atoms with van der Waals surface area (Å²) in [5, 5.41) is 4.18. The zero-order valence-electron chi connectivity index (χ0n) is 18.5. The molecule has 0 aliphatic carbocycles. The van der Waals surface area contributed by atoms with Crippen molar-refractivity contribution in [2.75, 3.05) is 6.54 Å². The Morgan fingerprint density at radius 1 is 1.21 bits per heavy atom. The van der Waals surface area contributed by atoms with Gasteiger partial charge in [0.05, 0.1) is 5.25 Å². The molecule has 0 radical (unpaired) electrons. The normalized spacial score (nSPS) is 11.9. The van der Waals surface area contributed by atoms with Crippen molar-refractivity contribution in [3.63, 3.8) is 0 Å². The van der Waals surface area contributed by atoms with Crippen LogP contribution in [-0.2, 0) is 24.7 Å². The van der Waals surface area contributed by atoms with Gasteiger partial charge in [0.15, 0.2) is 5.16 Å². The Bertz CT molecular complexity index is 1220. The van der Waals surface area contributed by atoms with Crippen LogP contribution < -0.4 is 10.9 Å². The molecule has 1 heterocycles. The van der Waals surface area contributed by atoms with Crippen LogP contribution in [0.3, 0.4) is 0 Å². The van der Waals surface area contributed by atoms with Crippen molar-refractivity contribution < 1.29 is 4.79 Å². The van der Waals surface area contributed by atoms with E-state index in [1.165, 1.54) is 16.3 Å². The number of hydrogen-bond acceptors (Lipinski definition) is 4. The molecule has 1 atom stereocenters. The first-order valence-corrected chi connectivity index (χ1v) is 12.8. The van der Waals surface area contributed by atoms with Gasteiger partial charge in [-0.25, -0.2) is 4.98 Å². The Labute approximate surface area is 216 Å². The summed E-state index contributed by atoms with van der Waals surface area (Å²) < 4.78 is 2.51. The van der Waals surface area contributed by atoms with Crippen LogP contribution in [0.5, 0.6) is 0 Å². The molecule has 0 bridgehead atoms. The third kappa shape index (κ3) is 6.85. The standard InChI is InChI=1S/C24H24BrCl2N3O2S/c1-14-20(12-16-4-7-18(25)8-5-16)23(32)30(3)24(29-14)33-15(2)22(31)28-11-10-17-6-9-19(26)13-21(17)27/h4-9,13,15H,10-12H2,1-3H3,(H,28,31). The number of rotatable bonds is 8. The predicted octanol–water partition coefficient (Wildman–Crippen LogP) is 5.59. The van der Waals surface area contributed by atoms with Crippen LogP contribution in [0.15, 0.2) is 56.9 Å². The summed E-state index contributed by atoms with van der Waals surface area (Å²) in [4.78, 5) is 30.2. The van der Waals surface area contributed by atoms with Gasteiger partial charge >= 0.3 is 0 Å². The van der Waals surface area contributed by atoms with E-state index in [1.54, 1.807) is 26.1 Å². The van der Waals surface area contributed by atoms with Crippen LogP contribution in [0.1, 0.15) is 29.3 Å². The lowest BCUT2D eigenvalue weighted by Gasteiger charge is -2.16. The van der Waals surface area contributed by atoms with Crippen LogP contribution >= 0.6 is 50.9 Å². The average molecular weight is 569 g/mol. The monoisotopic (exact) mass is 567 g/mol. The Morgan fingerprint density at radius 2 is 1.91 bits per heavy atom. The summed E-state index contributed by atoms with van der Waals surface area (Å²) in [6.07, 6.45) is 1.10. The summed E-state index contributed by atoms with van der Waals surface area (Å²) in [6.45, 7) is 4.08. The number of amides is 1. The second kappa shape index (κ2) is 11.6. The largest absolute Gasteiger partial charge is 0.355 e. The number of aromatic nitrogens is 2. The average Bonchev–Trinajstić information content (AvgIpc) is 2.77. The summed E-state index contributed by atoms with van der Waals surface area (Å²) >= 11 is 16.8. The molecule has 0 saturated carbocycles. The number of benzene rings is 2. The van der Waals surface area contributed by atoms with Crippen molar-refractivity contribution >= 4 is 56.8 Å². The molecule has 2 aromatic carbocycles. The molecule has 174 valence electrons. The molecular weight excluding hydrogens is 545 g/mol. The highest BCUT2D eigenvalue weighted by molar-refractivity contribution is 9.10. The Morgan fingerprint density at radius 3 is 2.58 bits per heavy atom. The molecule has 3 aromatic rings. The molecule has 1 unspecified atom stereocenters. The van der Waals surface area contributed by atoms with Gasteiger partial charge in [-0.15, -0.1) is 0 Å². The van der Waals surface area contributed by atoms with Crippen LogP contribution in [0.25, 0.3) is 0 Å². The van der Waals surface area contributed by atoms with Gasteiger partial charge in [-0.2, -0.15) is 0 Å². The minimum absolute atomic E-state index is 0.0992. The van der Waals surface area contributed by atoms with Crippen LogP contribution in [-0.4, -0.2) is 27.3 Å². The SMILES string of the molecule is Cc1nc(SC(C)C(=O)NCCc2ccc(Cl)cc2Cl)n(C)c(=O)c1Cc1ccc(Br)cc1. The van der Waals surface area contributed by atoms with Gasteiger partial charge in [0.25, 0.3) is 5.56 Å². The highest BCUT2D eigenvalue weighted by Gasteiger charge is 2.19. The number of thioether (sulfide) groups is 1. The van der Waals surface area contributed by atoms with Crippen LogP contribution in [0.2, 0.25) is 10.0 Å². The zero-order chi connectivity index (χ0) is 24.1. The number of carbonyl (C=O) groups excluding carboxylic acids is 1. The third-order valence-corrected chi connectivity index (χ3v) is 7.46. The minimum atomic E-state index is -0.416. The topological polar surface area (TPSA) is 64.0 Å². The molecule has 0 aliphatic heterocycles. The predicted molar refractivity (Wildman–Crippen MR) is 140 cm³/mol. The van der Waals surface area contributed by atoms with E-state index in [0.717, 1.165) is 15.6 Å². The quantitative estimate of drug-likeness (QED) is 0.284. The van der Waals surface area contributed by atoms with Crippen molar-refractivity contribution in [1.82, 2.24) is 14.9 Å². The second-order valence-corrected chi connectivity index (χ2v) is 10.7. The van der Waals surface area contributed by atoms with Crippen LogP contribution in [0, 0.1) is 6.92 Å². The molecular formula is C24H24BrCl2N3O2S. The number of nitrogens with one attached hydrogen (secondary N) is 1. The number of hydrogen-bond donors (Lipinski definition) is 1. The lowest BCUT2D eigenvalue weighted by molar-refractivity contribution is -0.120. The lowest BCUT2D eigenvalue weighted by Crippen LogP contribution is -2.33. The first-order valence-electron chi connectivity index (χ1n) is 10.3. The lowest BCUT2D eigenvalue weighted by atomic mass is 10.1. The van der Waals surface area contributed by atoms with Crippen molar-refractivity contribution in [3.8, 4) is 0 Å². The van der Waals surface area contributed by atoms with Gasteiger partial charge in [-0.1, -0.05) is 69.1 Å². The van der Waals surface area contributed by atoms with E-state index in [-0.39, 0.29) is 11.5 Å². The first-order chi connectivity index (χ1) is 15.7. The number of halogens is 3. The van der Waals surface area contributed by atoms with E-state index >= 15 is 0 Å². The van der Waals surface area contributed by atoms with Gasteiger partial charge in [0, 0.05) is 45.8 Å². The maximum absolute atomic E-state index is 13.0. The van der Waals surface area contributed by atoms with Gasteiger partial charge in [-0.3, -0.25) is 14.2 Å². The summed E-state index contributed by atoms with van der Waals surface area (Å²) in [5.74, 6) is -0.129. The van der Waals surface area contributed by atoms with E-state index in [4.69, 9.17) is 23.2 Å². The molecule has 1 N–H and O–H groups in total. The summed E-state index contributed by atoms with van der Waals surface area (Å²) in [7, 11) is 1.69. The highest BCUT2D eigenvalue weighted by Crippen LogP contribution is 2.23. The fourth-order valence-electron chi connectivity index (χ4n) is 3.25. The second-order valence-electron chi connectivity index (χ2n) is 7.66. The maximum atomic E-state index is 13.0. The van der Waals surface area contributed by atoms with Gasteiger partial charge in [0.1, 0.15) is 0 Å². The molecule has 1 amide bonds. The van der Waals surface area contributed by atoms with Crippen LogP contribution in [0.4, 0.5) is 0 Å². The van der Waals surface area contributed by atoms with Gasteiger partial charge < -0.3 is 5.32 Å². The Hall–Kier alpha value is -1.80. The molecule has 0 spiro atoms. The number of aryl methyl sites for hydroxylation is 1. The van der Waals surface area contributed by atoms with E-state index in [1.807, 2.05) is 37.3 Å². The van der Waals surface area contributed by atoms with E-state index in [2.05, 4.69) is 26.2 Å². The van der Waals surface area contributed by atoms with Gasteiger partial charge in [-0.05, 0) is 55.7 Å². The molecule has 1 aromatic heterocycles. The highest BCUT2D eigenvalue weighted by atomic mass is 79.9. The Balaban J connectivity index is 1.63. The zero-order valence-corrected chi connectivity index (χ0v) is 22.4. The van der Waals surface area contributed by atoms with Gasteiger partial charge in [0.2, 0.25) is 5.91 Å². The molecule has 5 nitrogen and oxygen atoms in total. The van der Waals surface area contributed by atoms with Crippen molar-refractivity contribution in [2.45, 2.75) is 37.1 Å². The first kappa shape index (κ1) is 25.8. The number of nitrogens with zero attached hydrogens (tertiary/aromatic N) is 2. The summed E-state index contributed by atoms with van der Waals surface area (Å²) in [5.41, 5.74) is 3.18. The molecule has 0 aliphatic rings. The maximum Gasteiger partial charge on any atom is 0.257 e. The fraction of sp³-hybridized carbons (Fsp3) is 0.292. The molecule has 3 rings (SSSR count). The molecule has 33 heavy (non-hydrogen) atoms. The third-order valence-electron chi connectivity index (χ3n) is 5.20.